The lowest BCUT2D eigenvalue weighted by atomic mass is 10.1. The largest absolute Gasteiger partial charge is 0.363 e. The summed E-state index contributed by atoms with van der Waals surface area (Å²) >= 11 is 0. The monoisotopic (exact) mass is 242 g/mol. The number of rotatable bonds is 3. The molecule has 3 rings (SSSR count). The van der Waals surface area contributed by atoms with Crippen molar-refractivity contribution in [3.8, 4) is 0 Å². The van der Waals surface area contributed by atoms with Crippen molar-refractivity contribution in [3.63, 3.8) is 0 Å². The summed E-state index contributed by atoms with van der Waals surface area (Å²) in [5.74, 6) is 0.977. The van der Waals surface area contributed by atoms with Crippen molar-refractivity contribution in [3.05, 3.63) is 47.3 Å². The first-order valence-corrected chi connectivity index (χ1v) is 6.02. The highest BCUT2D eigenvalue weighted by atomic mass is 16.5. The number of ketones is 1. The lowest BCUT2D eigenvalue weighted by molar-refractivity contribution is 0.101. The van der Waals surface area contributed by atoms with Gasteiger partial charge in [0.1, 0.15) is 0 Å². The highest BCUT2D eigenvalue weighted by molar-refractivity contribution is 5.94. The average Bonchev–Trinajstić information content (AvgIpc) is 2.99. The molecule has 1 aromatic carbocycles. The van der Waals surface area contributed by atoms with E-state index >= 15 is 0 Å². The van der Waals surface area contributed by atoms with Gasteiger partial charge in [0, 0.05) is 23.9 Å². The minimum Gasteiger partial charge on any atom is -0.363 e. The fourth-order valence-electron chi connectivity index (χ4n) is 2.37. The summed E-state index contributed by atoms with van der Waals surface area (Å²) < 4.78 is 5.13. The first-order chi connectivity index (χ1) is 8.74. The number of benzene rings is 1. The molecule has 0 amide bonds. The molecule has 0 saturated carbocycles. The summed E-state index contributed by atoms with van der Waals surface area (Å²) in [5.41, 5.74) is 3.22. The Kier molecular flexibility index (Phi) is 2.63. The van der Waals surface area contributed by atoms with Gasteiger partial charge in [-0.1, -0.05) is 5.16 Å². The summed E-state index contributed by atoms with van der Waals surface area (Å²) in [4.78, 5) is 13.6. The molecule has 0 bridgehead atoms. The minimum absolute atomic E-state index is 0.117. The van der Waals surface area contributed by atoms with E-state index in [9.17, 15) is 4.79 Å². The number of carbonyl (C=O) groups is 1. The van der Waals surface area contributed by atoms with Crippen molar-refractivity contribution in [1.82, 2.24) is 5.16 Å². The second-order valence-electron chi connectivity index (χ2n) is 4.55. The third-order valence-corrected chi connectivity index (χ3v) is 3.32. The van der Waals surface area contributed by atoms with Crippen LogP contribution in [0.4, 0.5) is 5.69 Å². The minimum atomic E-state index is 0.117. The Balaban J connectivity index is 1.86. The van der Waals surface area contributed by atoms with E-state index in [2.05, 4.69) is 10.1 Å². The molecular formula is C14H14N2O2. The Morgan fingerprint density at radius 3 is 3.06 bits per heavy atom. The van der Waals surface area contributed by atoms with Gasteiger partial charge in [-0.05, 0) is 37.1 Å². The Morgan fingerprint density at radius 2 is 2.33 bits per heavy atom. The summed E-state index contributed by atoms with van der Waals surface area (Å²) in [6, 6.07) is 7.79. The van der Waals surface area contributed by atoms with Crippen molar-refractivity contribution < 1.29 is 9.32 Å². The van der Waals surface area contributed by atoms with Gasteiger partial charge < -0.3 is 9.42 Å². The molecule has 0 atom stereocenters. The van der Waals surface area contributed by atoms with Gasteiger partial charge in [0.2, 0.25) is 0 Å². The number of nitrogens with zero attached hydrogens (tertiary/aromatic N) is 2. The molecule has 0 radical (unpaired) electrons. The fourth-order valence-corrected chi connectivity index (χ4v) is 2.37. The Labute approximate surface area is 105 Å². The summed E-state index contributed by atoms with van der Waals surface area (Å²) in [6.45, 7) is 3.28. The zero-order valence-corrected chi connectivity index (χ0v) is 10.2. The second kappa shape index (κ2) is 4.29. The zero-order valence-electron chi connectivity index (χ0n) is 10.2. The second-order valence-corrected chi connectivity index (χ2v) is 4.55. The van der Waals surface area contributed by atoms with E-state index in [4.69, 9.17) is 4.52 Å². The van der Waals surface area contributed by atoms with Crippen LogP contribution in [0, 0.1) is 0 Å². The Bertz CT molecular complexity index is 575. The van der Waals surface area contributed by atoms with Gasteiger partial charge in [0.25, 0.3) is 0 Å². The summed E-state index contributed by atoms with van der Waals surface area (Å²) in [5, 5.41) is 3.71. The maximum absolute atomic E-state index is 11.3. The van der Waals surface area contributed by atoms with Crippen LogP contribution >= 0.6 is 0 Å². The molecule has 2 aromatic rings. The first kappa shape index (κ1) is 11.0. The van der Waals surface area contributed by atoms with Crippen molar-refractivity contribution in [2.75, 3.05) is 11.4 Å². The summed E-state index contributed by atoms with van der Waals surface area (Å²) in [6.07, 6.45) is 2.63. The van der Waals surface area contributed by atoms with Crippen molar-refractivity contribution >= 4 is 11.5 Å². The van der Waals surface area contributed by atoms with Gasteiger partial charge in [-0.2, -0.15) is 0 Å². The zero-order chi connectivity index (χ0) is 12.5. The molecule has 2 heterocycles. The van der Waals surface area contributed by atoms with Crippen LogP contribution < -0.4 is 4.90 Å². The van der Waals surface area contributed by atoms with Gasteiger partial charge in [0.05, 0.1) is 12.7 Å². The van der Waals surface area contributed by atoms with Crippen molar-refractivity contribution in [2.45, 2.75) is 19.9 Å². The van der Waals surface area contributed by atoms with Crippen LogP contribution in [0.25, 0.3) is 0 Å². The number of carbonyl (C=O) groups excluding carboxylic acids is 1. The molecule has 92 valence electrons. The lowest BCUT2D eigenvalue weighted by Gasteiger charge is -2.17. The van der Waals surface area contributed by atoms with Crippen LogP contribution in [0.3, 0.4) is 0 Å². The number of hydrogen-bond acceptors (Lipinski definition) is 4. The van der Waals surface area contributed by atoms with Crippen molar-refractivity contribution in [1.29, 1.82) is 0 Å². The van der Waals surface area contributed by atoms with E-state index < -0.39 is 0 Å². The highest BCUT2D eigenvalue weighted by Gasteiger charge is 2.20. The van der Waals surface area contributed by atoms with E-state index in [0.717, 1.165) is 30.8 Å². The quantitative estimate of drug-likeness (QED) is 0.775. The van der Waals surface area contributed by atoms with E-state index in [1.54, 1.807) is 13.1 Å². The summed E-state index contributed by atoms with van der Waals surface area (Å²) in [7, 11) is 0. The van der Waals surface area contributed by atoms with Gasteiger partial charge in [0.15, 0.2) is 11.5 Å². The Hall–Kier alpha value is -2.10. The van der Waals surface area contributed by atoms with Crippen molar-refractivity contribution in [2.24, 2.45) is 0 Å². The molecule has 0 fully saturated rings. The van der Waals surface area contributed by atoms with Crippen LogP contribution in [0.1, 0.15) is 28.6 Å². The van der Waals surface area contributed by atoms with Crippen LogP contribution in [0.15, 0.2) is 35.0 Å². The normalized spacial score (nSPS) is 13.7. The van der Waals surface area contributed by atoms with E-state index in [0.29, 0.717) is 0 Å². The predicted molar refractivity (Wildman–Crippen MR) is 67.7 cm³/mol. The molecular weight excluding hydrogens is 228 g/mol. The third kappa shape index (κ3) is 1.90. The van der Waals surface area contributed by atoms with E-state index in [1.165, 1.54) is 11.3 Å². The van der Waals surface area contributed by atoms with Crippen LogP contribution in [0.5, 0.6) is 0 Å². The molecule has 0 N–H and O–H groups in total. The smallest absolute Gasteiger partial charge is 0.159 e. The molecule has 0 unspecified atom stereocenters. The molecule has 1 aliphatic rings. The van der Waals surface area contributed by atoms with E-state index in [1.807, 2.05) is 24.3 Å². The number of Topliss-reactive ketones (excluding diaryl/α,β-unsaturated/α-hetero) is 1. The molecule has 0 saturated heterocycles. The maximum Gasteiger partial charge on any atom is 0.159 e. The SMILES string of the molecule is CC(=O)c1ccc2c(c1)CCN2Cc1ccno1. The standard InChI is InChI=1S/C14H14N2O2/c1-10(17)11-2-3-14-12(8-11)5-7-16(14)9-13-4-6-15-18-13/h2-4,6,8H,5,7,9H2,1H3. The van der Waals surface area contributed by atoms with E-state index in [-0.39, 0.29) is 5.78 Å². The Morgan fingerprint density at radius 1 is 1.44 bits per heavy atom. The fraction of sp³-hybridized carbons (Fsp3) is 0.286. The number of fused-ring (bicyclic) bond motifs is 1. The molecule has 4 heteroatoms. The topological polar surface area (TPSA) is 46.3 Å². The van der Waals surface area contributed by atoms with Gasteiger partial charge in [-0.25, -0.2) is 0 Å². The molecule has 4 nitrogen and oxygen atoms in total. The van der Waals surface area contributed by atoms with Gasteiger partial charge in [-0.15, -0.1) is 0 Å². The van der Waals surface area contributed by atoms with Crippen LogP contribution in [-0.2, 0) is 13.0 Å². The average molecular weight is 242 g/mol. The number of hydrogen-bond donors (Lipinski definition) is 0. The third-order valence-electron chi connectivity index (χ3n) is 3.32. The first-order valence-electron chi connectivity index (χ1n) is 6.02. The maximum atomic E-state index is 11.3. The lowest BCUT2D eigenvalue weighted by Crippen LogP contribution is -2.19. The predicted octanol–water partition coefficient (Wildman–Crippen LogP) is 2.44. The molecule has 1 aromatic heterocycles. The number of aromatic nitrogens is 1. The molecule has 18 heavy (non-hydrogen) atoms. The molecule has 0 spiro atoms. The van der Waals surface area contributed by atoms with Gasteiger partial charge >= 0.3 is 0 Å². The number of anilines is 1. The molecule has 1 aliphatic heterocycles. The van der Waals surface area contributed by atoms with Crippen LogP contribution in [0.2, 0.25) is 0 Å². The van der Waals surface area contributed by atoms with Crippen LogP contribution in [-0.4, -0.2) is 17.5 Å². The van der Waals surface area contributed by atoms with Gasteiger partial charge in [-0.3, -0.25) is 4.79 Å². The molecule has 0 aliphatic carbocycles. The highest BCUT2D eigenvalue weighted by Crippen LogP contribution is 2.30.